The van der Waals surface area contributed by atoms with Gasteiger partial charge in [-0.2, -0.15) is 0 Å². The van der Waals surface area contributed by atoms with Crippen molar-refractivity contribution in [1.82, 2.24) is 15.3 Å². The average Bonchev–Trinajstić information content (AvgIpc) is 2.38. The quantitative estimate of drug-likeness (QED) is 0.866. The number of hydrogen-bond acceptors (Lipinski definition) is 5. The van der Waals surface area contributed by atoms with E-state index in [9.17, 15) is 4.79 Å². The molecule has 104 valence electrons. The third kappa shape index (κ3) is 3.20. The Balaban J connectivity index is 2.17. The van der Waals surface area contributed by atoms with E-state index in [4.69, 9.17) is 4.74 Å². The molecular weight excluding hydrogens is 244 g/mol. The van der Waals surface area contributed by atoms with Crippen LogP contribution in [0.4, 0.5) is 5.95 Å². The summed E-state index contributed by atoms with van der Waals surface area (Å²) in [6.07, 6.45) is 4.71. The van der Waals surface area contributed by atoms with E-state index in [0.29, 0.717) is 5.95 Å². The van der Waals surface area contributed by atoms with Crippen molar-refractivity contribution in [3.05, 3.63) is 17.5 Å². The number of nitrogens with one attached hydrogen (secondary N) is 1. The van der Waals surface area contributed by atoms with E-state index >= 15 is 0 Å². The first-order chi connectivity index (χ1) is 9.11. The number of nitrogens with zero attached hydrogens (tertiary/aromatic N) is 3. The van der Waals surface area contributed by atoms with Gasteiger partial charge in [0.15, 0.2) is 0 Å². The minimum atomic E-state index is -0.1000. The van der Waals surface area contributed by atoms with Gasteiger partial charge in [-0.05, 0) is 19.3 Å². The van der Waals surface area contributed by atoms with E-state index in [0.717, 1.165) is 30.5 Å². The number of carbonyl (C=O) groups excluding carboxylic acids is 1. The number of fused-ring (bicyclic) bond motifs is 1. The van der Waals surface area contributed by atoms with Crippen molar-refractivity contribution < 1.29 is 9.53 Å². The molecular formula is C13H20N4O2. The zero-order chi connectivity index (χ0) is 13.8. The second-order valence-electron chi connectivity index (χ2n) is 4.91. The van der Waals surface area contributed by atoms with Crippen LogP contribution in [0.25, 0.3) is 0 Å². The summed E-state index contributed by atoms with van der Waals surface area (Å²) >= 11 is 0. The summed E-state index contributed by atoms with van der Waals surface area (Å²) in [5.74, 6) is 0.611. The van der Waals surface area contributed by atoms with Crippen molar-refractivity contribution in [2.75, 3.05) is 32.7 Å². The van der Waals surface area contributed by atoms with Crippen LogP contribution in [0, 0.1) is 0 Å². The predicted molar refractivity (Wildman–Crippen MR) is 72.1 cm³/mol. The second kappa shape index (κ2) is 5.97. The Hall–Kier alpha value is -1.69. The van der Waals surface area contributed by atoms with Gasteiger partial charge in [0.05, 0.1) is 11.7 Å². The van der Waals surface area contributed by atoms with Crippen LogP contribution in [0.5, 0.6) is 0 Å². The van der Waals surface area contributed by atoms with Crippen molar-refractivity contribution in [2.45, 2.75) is 25.3 Å². The fourth-order valence-corrected chi connectivity index (χ4v) is 2.27. The van der Waals surface area contributed by atoms with Crippen LogP contribution in [0.15, 0.2) is 6.20 Å². The highest BCUT2D eigenvalue weighted by molar-refractivity contribution is 5.77. The second-order valence-corrected chi connectivity index (χ2v) is 4.91. The Labute approximate surface area is 113 Å². The molecule has 2 rings (SSSR count). The molecule has 1 aromatic rings. The van der Waals surface area contributed by atoms with Gasteiger partial charge in [-0.25, -0.2) is 9.97 Å². The molecule has 1 heterocycles. The van der Waals surface area contributed by atoms with Gasteiger partial charge in [-0.1, -0.05) is 0 Å². The molecule has 0 radical (unpaired) electrons. The van der Waals surface area contributed by atoms with Crippen LogP contribution >= 0.6 is 0 Å². The van der Waals surface area contributed by atoms with E-state index < -0.39 is 0 Å². The van der Waals surface area contributed by atoms with Gasteiger partial charge < -0.3 is 15.0 Å². The molecule has 6 heteroatoms. The van der Waals surface area contributed by atoms with Gasteiger partial charge in [0.25, 0.3) is 0 Å². The number of amides is 1. The van der Waals surface area contributed by atoms with E-state index in [1.165, 1.54) is 7.11 Å². The van der Waals surface area contributed by atoms with Gasteiger partial charge in [-0.3, -0.25) is 4.79 Å². The highest BCUT2D eigenvalue weighted by atomic mass is 16.5. The summed E-state index contributed by atoms with van der Waals surface area (Å²) in [6, 6.07) is 0.00242. The van der Waals surface area contributed by atoms with E-state index in [1.54, 1.807) is 0 Å². The van der Waals surface area contributed by atoms with Crippen LogP contribution in [0.1, 0.15) is 30.1 Å². The first-order valence-corrected chi connectivity index (χ1v) is 6.43. The smallest absolute Gasteiger partial charge is 0.246 e. The predicted octanol–water partition coefficient (Wildman–Crippen LogP) is 0.683. The SMILES string of the molecule is COCC(=O)NC1CCCc2nc(N(C)C)ncc21. The van der Waals surface area contributed by atoms with Crippen molar-refractivity contribution in [1.29, 1.82) is 0 Å². The molecule has 19 heavy (non-hydrogen) atoms. The molecule has 0 aromatic carbocycles. The largest absolute Gasteiger partial charge is 0.375 e. The summed E-state index contributed by atoms with van der Waals surface area (Å²) in [7, 11) is 5.35. The van der Waals surface area contributed by atoms with Gasteiger partial charge in [0.1, 0.15) is 6.61 Å². The molecule has 0 saturated carbocycles. The van der Waals surface area contributed by atoms with Crippen molar-refractivity contribution >= 4 is 11.9 Å². The number of carbonyl (C=O) groups is 1. The molecule has 0 aliphatic heterocycles. The monoisotopic (exact) mass is 264 g/mol. The maximum Gasteiger partial charge on any atom is 0.246 e. The number of aromatic nitrogens is 2. The first-order valence-electron chi connectivity index (χ1n) is 6.43. The highest BCUT2D eigenvalue weighted by Crippen LogP contribution is 2.28. The lowest BCUT2D eigenvalue weighted by molar-refractivity contribution is -0.125. The lowest BCUT2D eigenvalue weighted by Crippen LogP contribution is -2.34. The third-order valence-corrected chi connectivity index (χ3v) is 3.18. The number of ether oxygens (including phenoxy) is 1. The van der Waals surface area contributed by atoms with Crippen LogP contribution in [0.3, 0.4) is 0 Å². The zero-order valence-corrected chi connectivity index (χ0v) is 11.6. The summed E-state index contributed by atoms with van der Waals surface area (Å²) < 4.78 is 4.83. The fraction of sp³-hybridized carbons (Fsp3) is 0.615. The van der Waals surface area contributed by atoms with Gasteiger partial charge in [0, 0.05) is 33.0 Å². The number of hydrogen-bond donors (Lipinski definition) is 1. The molecule has 1 atom stereocenters. The summed E-state index contributed by atoms with van der Waals surface area (Å²) in [5, 5.41) is 2.97. The molecule has 1 unspecified atom stereocenters. The van der Waals surface area contributed by atoms with Crippen molar-refractivity contribution in [3.63, 3.8) is 0 Å². The highest BCUT2D eigenvalue weighted by Gasteiger charge is 2.23. The molecule has 1 aromatic heterocycles. The number of rotatable bonds is 4. The van der Waals surface area contributed by atoms with Crippen LogP contribution in [-0.2, 0) is 16.0 Å². The van der Waals surface area contributed by atoms with Gasteiger partial charge >= 0.3 is 0 Å². The minimum absolute atomic E-state index is 0.00242. The standard InChI is InChI=1S/C13H20N4O2/c1-17(2)13-14-7-9-10(15-12(18)8-19-3)5-4-6-11(9)16-13/h7,10H,4-6,8H2,1-3H3,(H,15,18). The maximum absolute atomic E-state index is 11.6. The zero-order valence-electron chi connectivity index (χ0n) is 11.6. The maximum atomic E-state index is 11.6. The Bertz CT molecular complexity index is 462. The molecule has 1 N–H and O–H groups in total. The van der Waals surface area contributed by atoms with Crippen molar-refractivity contribution in [3.8, 4) is 0 Å². The molecule has 1 aliphatic rings. The summed E-state index contributed by atoms with van der Waals surface area (Å²) in [5.41, 5.74) is 2.06. The molecule has 0 spiro atoms. The Kier molecular flexibility index (Phi) is 4.31. The minimum Gasteiger partial charge on any atom is -0.375 e. The molecule has 0 bridgehead atoms. The van der Waals surface area contributed by atoms with E-state index in [1.807, 2.05) is 25.2 Å². The fourth-order valence-electron chi connectivity index (χ4n) is 2.27. The first kappa shape index (κ1) is 13.7. The number of anilines is 1. The Morgan fingerprint density at radius 3 is 3.05 bits per heavy atom. The molecule has 1 aliphatic carbocycles. The number of aryl methyl sites for hydroxylation is 1. The van der Waals surface area contributed by atoms with Crippen LogP contribution < -0.4 is 10.2 Å². The lowest BCUT2D eigenvalue weighted by Gasteiger charge is -2.26. The normalized spacial score (nSPS) is 17.7. The molecule has 1 amide bonds. The average molecular weight is 264 g/mol. The lowest BCUT2D eigenvalue weighted by atomic mass is 9.92. The van der Waals surface area contributed by atoms with Gasteiger partial charge in [-0.15, -0.1) is 0 Å². The molecule has 0 saturated heterocycles. The molecule has 6 nitrogen and oxygen atoms in total. The van der Waals surface area contributed by atoms with Gasteiger partial charge in [0.2, 0.25) is 11.9 Å². The van der Waals surface area contributed by atoms with Crippen molar-refractivity contribution in [2.24, 2.45) is 0 Å². The Morgan fingerprint density at radius 2 is 2.37 bits per heavy atom. The summed E-state index contributed by atoms with van der Waals surface area (Å²) in [4.78, 5) is 22.4. The molecule has 0 fully saturated rings. The van der Waals surface area contributed by atoms with Crippen LogP contribution in [-0.4, -0.2) is 43.7 Å². The third-order valence-electron chi connectivity index (χ3n) is 3.18. The topological polar surface area (TPSA) is 67.3 Å². The van der Waals surface area contributed by atoms with E-state index in [-0.39, 0.29) is 18.6 Å². The number of methoxy groups -OCH3 is 1. The van der Waals surface area contributed by atoms with E-state index in [2.05, 4.69) is 15.3 Å². The van der Waals surface area contributed by atoms with Crippen LogP contribution in [0.2, 0.25) is 0 Å². The summed E-state index contributed by atoms with van der Waals surface area (Å²) in [6.45, 7) is 0.0858. The Morgan fingerprint density at radius 1 is 1.58 bits per heavy atom.